The lowest BCUT2D eigenvalue weighted by atomic mass is 9.64. The van der Waals surface area contributed by atoms with E-state index in [0.29, 0.717) is 23.7 Å². The average Bonchev–Trinajstić information content (AvgIpc) is 3.43. The summed E-state index contributed by atoms with van der Waals surface area (Å²) < 4.78 is 0. The molecule has 54 heavy (non-hydrogen) atoms. The van der Waals surface area contributed by atoms with Crippen LogP contribution >= 0.6 is 15.8 Å². The van der Waals surface area contributed by atoms with Crippen molar-refractivity contribution in [3.63, 3.8) is 0 Å². The smallest absolute Gasteiger partial charge is 0.0136 e. The summed E-state index contributed by atoms with van der Waals surface area (Å²) in [6.45, 7) is 15.9. The molecule has 2 aliphatic heterocycles. The summed E-state index contributed by atoms with van der Waals surface area (Å²) in [4.78, 5) is 0. The molecule has 2 heterocycles. The third-order valence-corrected chi connectivity index (χ3v) is 22.6. The van der Waals surface area contributed by atoms with Gasteiger partial charge in [-0.25, -0.2) is 0 Å². The van der Waals surface area contributed by atoms with Crippen molar-refractivity contribution >= 4 is 40.1 Å². The summed E-state index contributed by atoms with van der Waals surface area (Å²) in [5.74, 6) is 2.29. The molecule has 4 aromatic rings. The number of benzene rings is 4. The van der Waals surface area contributed by atoms with Crippen LogP contribution in [-0.2, 0) is 25.2 Å². The van der Waals surface area contributed by atoms with Crippen LogP contribution in [0.5, 0.6) is 0 Å². The maximum atomic E-state index is 2.65. The first-order valence-corrected chi connectivity index (χ1v) is 24.6. The molecule has 4 aliphatic carbocycles. The fraction of sp³-hybridized carbons (Fsp3) is 0.462. The van der Waals surface area contributed by atoms with Gasteiger partial charge in [-0.2, -0.15) is 0 Å². The number of rotatable bonds is 1. The second-order valence-electron chi connectivity index (χ2n) is 19.6. The lowest BCUT2D eigenvalue weighted by Crippen LogP contribution is -2.47. The van der Waals surface area contributed by atoms with Crippen molar-refractivity contribution in [1.29, 1.82) is 0 Å². The van der Waals surface area contributed by atoms with E-state index in [4.69, 9.17) is 0 Å². The van der Waals surface area contributed by atoms with Crippen molar-refractivity contribution < 1.29 is 0 Å². The number of hydrogen-bond donors (Lipinski definition) is 0. The van der Waals surface area contributed by atoms with Crippen molar-refractivity contribution in [2.24, 2.45) is 11.8 Å². The SMILES string of the molecule is CC(C)(C)[P@@]1Cc2ccc3c(c2[C@@H]2c4ccccc4CCC2[C@@H]1[C@H]1C2CCc4ccccc4[C@H]2c2c(ccc4c2=CCCC=4)C[P@]1C(C)(C)C)=CCCC=3. The van der Waals surface area contributed by atoms with Gasteiger partial charge in [0.15, 0.2) is 0 Å². The molecular weight excluding hydrogens is 687 g/mol. The lowest BCUT2D eigenvalue weighted by molar-refractivity contribution is 0.314. The van der Waals surface area contributed by atoms with Gasteiger partial charge in [-0.1, -0.05) is 154 Å². The Hall–Kier alpha value is -2.78. The predicted molar refractivity (Wildman–Crippen MR) is 236 cm³/mol. The van der Waals surface area contributed by atoms with Crippen molar-refractivity contribution in [3.8, 4) is 0 Å². The first-order valence-electron chi connectivity index (χ1n) is 21.4. The molecule has 8 atom stereocenters. The molecule has 0 N–H and O–H groups in total. The topological polar surface area (TPSA) is 0 Å². The Labute approximate surface area is 327 Å². The van der Waals surface area contributed by atoms with Crippen LogP contribution in [0.1, 0.15) is 136 Å². The second-order valence-corrected chi connectivity index (χ2v) is 26.0. The number of hydrogen-bond acceptors (Lipinski definition) is 0. The van der Waals surface area contributed by atoms with Crippen LogP contribution in [0, 0.1) is 11.8 Å². The Morgan fingerprint density at radius 2 is 0.870 bits per heavy atom. The predicted octanol–water partition coefficient (Wildman–Crippen LogP) is 10.8. The van der Waals surface area contributed by atoms with Gasteiger partial charge in [0.2, 0.25) is 0 Å². The van der Waals surface area contributed by atoms with E-state index in [-0.39, 0.29) is 26.2 Å². The first kappa shape index (κ1) is 35.6. The normalized spacial score (nSPS) is 29.5. The highest BCUT2D eigenvalue weighted by atomic mass is 31.1. The van der Waals surface area contributed by atoms with E-state index in [1.807, 2.05) is 0 Å². The summed E-state index contributed by atoms with van der Waals surface area (Å²) in [5, 5.41) is 6.73. The van der Waals surface area contributed by atoms with Crippen molar-refractivity contribution in [3.05, 3.63) is 138 Å². The molecule has 0 bridgehead atoms. The molecule has 2 heteroatoms. The molecule has 6 aliphatic rings. The maximum Gasteiger partial charge on any atom is 0.0136 e. The highest BCUT2D eigenvalue weighted by Gasteiger charge is 2.56. The molecule has 4 aromatic carbocycles. The van der Waals surface area contributed by atoms with Crippen LogP contribution in [0.4, 0.5) is 0 Å². The Kier molecular flexibility index (Phi) is 8.85. The minimum absolute atomic E-state index is 0.261. The average molecular weight is 747 g/mol. The number of fused-ring (bicyclic) bond motifs is 14. The van der Waals surface area contributed by atoms with E-state index in [1.165, 1.54) is 74.1 Å². The van der Waals surface area contributed by atoms with Gasteiger partial charge in [-0.3, -0.25) is 0 Å². The molecule has 10 rings (SSSR count). The molecule has 2 unspecified atom stereocenters. The summed E-state index contributed by atoms with van der Waals surface area (Å²) in [6.07, 6.45) is 22.8. The van der Waals surface area contributed by atoms with Crippen LogP contribution in [-0.4, -0.2) is 21.6 Å². The zero-order valence-corrected chi connectivity index (χ0v) is 35.5. The van der Waals surface area contributed by atoms with Gasteiger partial charge < -0.3 is 0 Å². The number of aryl methyl sites for hydroxylation is 2. The minimum atomic E-state index is -0.351. The van der Waals surface area contributed by atoms with E-state index in [9.17, 15) is 0 Å². The fourth-order valence-corrected chi connectivity index (χ4v) is 20.6. The lowest BCUT2D eigenvalue weighted by Gasteiger charge is -2.55. The Morgan fingerprint density at radius 3 is 1.30 bits per heavy atom. The van der Waals surface area contributed by atoms with Gasteiger partial charge in [0.25, 0.3) is 0 Å². The monoisotopic (exact) mass is 746 g/mol. The van der Waals surface area contributed by atoms with Crippen LogP contribution in [0.3, 0.4) is 0 Å². The van der Waals surface area contributed by atoms with E-state index >= 15 is 0 Å². The molecule has 0 saturated heterocycles. The Balaban J connectivity index is 1.27. The fourth-order valence-electron chi connectivity index (χ4n) is 12.5. The quantitative estimate of drug-likeness (QED) is 0.170. The third-order valence-electron chi connectivity index (χ3n) is 14.7. The van der Waals surface area contributed by atoms with Gasteiger partial charge >= 0.3 is 0 Å². The first-order chi connectivity index (χ1) is 26.1. The van der Waals surface area contributed by atoms with Gasteiger partial charge in [0.1, 0.15) is 0 Å². The standard InChI is InChI=1S/C52H60P2/c1-51(2,3)53-31-37-25-23-33-15-7-11-19-39(33)45(37)47-41-21-13-9-17-35(41)27-29-43(47)49(53)50-44-30-28-36-18-10-14-22-42(36)48(44)46-38(32-54(50)52(4,5)6)26-24-34-16-8-12-20-40(34)46/h9-10,13-26,43-44,47-50H,7-8,11-12,27-32H2,1-6H3/t43?,44?,47-,48-,49-,50-,53+,54+/m1/s1. The summed E-state index contributed by atoms with van der Waals surface area (Å²) in [5.41, 5.74) is 14.9. The zero-order valence-electron chi connectivity index (χ0n) is 33.7. The van der Waals surface area contributed by atoms with Crippen LogP contribution in [0.2, 0.25) is 0 Å². The van der Waals surface area contributed by atoms with Gasteiger partial charge in [0, 0.05) is 11.8 Å². The summed E-state index contributed by atoms with van der Waals surface area (Å²) in [7, 11) is -0.702. The Bertz CT molecular complexity index is 2220. The summed E-state index contributed by atoms with van der Waals surface area (Å²) >= 11 is 0. The maximum absolute atomic E-state index is 2.65. The molecule has 0 radical (unpaired) electrons. The van der Waals surface area contributed by atoms with E-state index in [1.54, 1.807) is 54.9 Å². The molecule has 0 nitrogen and oxygen atoms in total. The Morgan fingerprint density at radius 1 is 0.463 bits per heavy atom. The van der Waals surface area contributed by atoms with E-state index in [2.05, 4.69) is 139 Å². The molecule has 0 saturated carbocycles. The van der Waals surface area contributed by atoms with E-state index < -0.39 is 0 Å². The third kappa shape index (κ3) is 5.74. The molecule has 0 aromatic heterocycles. The molecule has 0 amide bonds. The van der Waals surface area contributed by atoms with Gasteiger partial charge in [-0.05, 0) is 163 Å². The highest BCUT2D eigenvalue weighted by molar-refractivity contribution is 7.63. The molecule has 0 fully saturated rings. The van der Waals surface area contributed by atoms with Crippen LogP contribution in [0.25, 0.3) is 24.3 Å². The minimum Gasteiger partial charge on any atom is -0.0925 e. The van der Waals surface area contributed by atoms with Crippen molar-refractivity contribution in [1.82, 2.24) is 0 Å². The van der Waals surface area contributed by atoms with Gasteiger partial charge in [-0.15, -0.1) is 0 Å². The van der Waals surface area contributed by atoms with Gasteiger partial charge in [0.05, 0.1) is 0 Å². The van der Waals surface area contributed by atoms with Crippen molar-refractivity contribution in [2.45, 2.75) is 139 Å². The largest absolute Gasteiger partial charge is 0.0925 e. The molecular formula is C52H60P2. The van der Waals surface area contributed by atoms with Crippen molar-refractivity contribution in [2.75, 3.05) is 0 Å². The summed E-state index contributed by atoms with van der Waals surface area (Å²) in [6, 6.07) is 29.7. The van der Waals surface area contributed by atoms with E-state index in [0.717, 1.165) is 11.3 Å². The highest BCUT2D eigenvalue weighted by Crippen LogP contribution is 2.74. The van der Waals surface area contributed by atoms with Crippen LogP contribution in [0.15, 0.2) is 72.8 Å². The second kappa shape index (κ2) is 13.4. The van der Waals surface area contributed by atoms with Crippen LogP contribution < -0.4 is 20.9 Å². The molecule has 278 valence electrons. The zero-order chi connectivity index (χ0) is 36.9. The molecule has 0 spiro atoms.